The van der Waals surface area contributed by atoms with Gasteiger partial charge in [-0.3, -0.25) is 9.59 Å². The molecule has 3 heterocycles. The number of ether oxygens (including phenoxy) is 2. The Labute approximate surface area is 203 Å². The lowest BCUT2D eigenvalue weighted by atomic mass is 9.92. The standard InChI is InChI=1S/C24H32N6O5/c1-23(2,3)29-22(33)35-11-8-26-21(32)17-12-15-18(14-27-17)28-20(31)16(13-25)19(15)30-9-6-24(4,34-5)7-10-30/h12,14H,6-11H2,1-5H3,(H,26,32)(H,28,31)(H,29,33). The predicted molar refractivity (Wildman–Crippen MR) is 131 cm³/mol. The molecule has 11 nitrogen and oxygen atoms in total. The first-order valence-corrected chi connectivity index (χ1v) is 11.5. The molecular weight excluding hydrogens is 452 g/mol. The molecule has 3 rings (SSSR count). The number of carbonyl (C=O) groups is 2. The summed E-state index contributed by atoms with van der Waals surface area (Å²) < 4.78 is 10.7. The van der Waals surface area contributed by atoms with Crippen LogP contribution in [-0.4, -0.2) is 66.5 Å². The summed E-state index contributed by atoms with van der Waals surface area (Å²) in [7, 11) is 1.68. The first-order valence-electron chi connectivity index (χ1n) is 11.5. The molecule has 3 N–H and O–H groups in total. The lowest BCUT2D eigenvalue weighted by Crippen LogP contribution is -2.44. The maximum absolute atomic E-state index is 12.7. The highest BCUT2D eigenvalue weighted by molar-refractivity contribution is 6.00. The Morgan fingerprint density at radius 3 is 2.60 bits per heavy atom. The molecule has 0 radical (unpaired) electrons. The Balaban J connectivity index is 1.80. The Morgan fingerprint density at radius 1 is 1.31 bits per heavy atom. The van der Waals surface area contributed by atoms with Crippen molar-refractivity contribution in [1.29, 1.82) is 5.26 Å². The van der Waals surface area contributed by atoms with Crippen LogP contribution in [0.2, 0.25) is 0 Å². The molecule has 1 aliphatic heterocycles. The summed E-state index contributed by atoms with van der Waals surface area (Å²) in [6.07, 6.45) is 2.29. The Bertz CT molecular complexity index is 1200. The van der Waals surface area contributed by atoms with Crippen LogP contribution in [0.4, 0.5) is 10.5 Å². The number of rotatable bonds is 6. The molecule has 0 bridgehead atoms. The van der Waals surface area contributed by atoms with Crippen molar-refractivity contribution < 1.29 is 19.1 Å². The molecule has 0 spiro atoms. The van der Waals surface area contributed by atoms with E-state index >= 15 is 0 Å². The van der Waals surface area contributed by atoms with Crippen LogP contribution < -0.4 is 21.1 Å². The zero-order valence-electron chi connectivity index (χ0n) is 20.8. The number of anilines is 1. The van der Waals surface area contributed by atoms with E-state index in [-0.39, 0.29) is 30.0 Å². The smallest absolute Gasteiger partial charge is 0.407 e. The molecule has 35 heavy (non-hydrogen) atoms. The molecular formula is C24H32N6O5. The quantitative estimate of drug-likeness (QED) is 0.528. The van der Waals surface area contributed by atoms with Crippen LogP contribution in [-0.2, 0) is 9.47 Å². The van der Waals surface area contributed by atoms with Crippen LogP contribution in [0.15, 0.2) is 17.1 Å². The van der Waals surface area contributed by atoms with E-state index in [0.29, 0.717) is 29.7 Å². The average molecular weight is 485 g/mol. The van der Waals surface area contributed by atoms with Gasteiger partial charge in [0.25, 0.3) is 11.5 Å². The molecule has 0 aliphatic carbocycles. The first kappa shape index (κ1) is 26.0. The Kier molecular flexibility index (Phi) is 7.65. The molecule has 1 saturated heterocycles. The maximum atomic E-state index is 12.7. The van der Waals surface area contributed by atoms with Crippen molar-refractivity contribution in [3.05, 3.63) is 33.9 Å². The molecule has 188 valence electrons. The van der Waals surface area contributed by atoms with Gasteiger partial charge in [0.15, 0.2) is 0 Å². The zero-order chi connectivity index (χ0) is 25.8. The predicted octanol–water partition coefficient (Wildman–Crippen LogP) is 2.05. The molecule has 0 unspecified atom stereocenters. The lowest BCUT2D eigenvalue weighted by molar-refractivity contribution is -0.0132. The number of hydrogen-bond acceptors (Lipinski definition) is 8. The number of fused-ring (bicyclic) bond motifs is 1. The van der Waals surface area contributed by atoms with Gasteiger partial charge in [0.2, 0.25) is 0 Å². The summed E-state index contributed by atoms with van der Waals surface area (Å²) in [5.74, 6) is -0.465. The third-order valence-electron chi connectivity index (χ3n) is 5.94. The summed E-state index contributed by atoms with van der Waals surface area (Å²) in [6, 6.07) is 3.58. The lowest BCUT2D eigenvalue weighted by Gasteiger charge is -2.40. The molecule has 2 amide bonds. The van der Waals surface area contributed by atoms with E-state index in [0.717, 1.165) is 12.8 Å². The number of amides is 2. The number of aromatic nitrogens is 2. The normalized spacial score (nSPS) is 15.4. The number of nitrogens with one attached hydrogen (secondary N) is 3. The summed E-state index contributed by atoms with van der Waals surface area (Å²) in [5.41, 5.74) is -0.154. The van der Waals surface area contributed by atoms with Gasteiger partial charge in [-0.05, 0) is 46.6 Å². The van der Waals surface area contributed by atoms with E-state index in [1.807, 2.05) is 38.7 Å². The fourth-order valence-electron chi connectivity index (χ4n) is 3.88. The van der Waals surface area contributed by atoms with Crippen molar-refractivity contribution in [1.82, 2.24) is 20.6 Å². The van der Waals surface area contributed by atoms with Crippen molar-refractivity contribution in [3.63, 3.8) is 0 Å². The number of carbonyl (C=O) groups excluding carboxylic acids is 2. The second-order valence-electron chi connectivity index (χ2n) is 9.81. The summed E-state index contributed by atoms with van der Waals surface area (Å²) in [6.45, 7) is 8.81. The highest BCUT2D eigenvalue weighted by Gasteiger charge is 2.32. The van der Waals surface area contributed by atoms with E-state index in [1.165, 1.54) is 6.20 Å². The highest BCUT2D eigenvalue weighted by Crippen LogP contribution is 2.33. The minimum Gasteiger partial charge on any atom is -0.448 e. The van der Waals surface area contributed by atoms with Gasteiger partial charge in [0, 0.05) is 31.1 Å². The minimum absolute atomic E-state index is 0.00524. The van der Waals surface area contributed by atoms with Gasteiger partial charge in [-0.15, -0.1) is 0 Å². The van der Waals surface area contributed by atoms with Crippen LogP contribution >= 0.6 is 0 Å². The van der Waals surface area contributed by atoms with Gasteiger partial charge < -0.3 is 30.0 Å². The molecule has 0 atom stereocenters. The Morgan fingerprint density at radius 2 is 2.00 bits per heavy atom. The van der Waals surface area contributed by atoms with E-state index in [4.69, 9.17) is 9.47 Å². The Hall–Kier alpha value is -3.65. The second-order valence-corrected chi connectivity index (χ2v) is 9.81. The van der Waals surface area contributed by atoms with Crippen molar-refractivity contribution in [2.45, 2.75) is 51.7 Å². The molecule has 2 aromatic heterocycles. The number of methoxy groups -OCH3 is 1. The van der Waals surface area contributed by atoms with Gasteiger partial charge in [0.1, 0.15) is 23.9 Å². The zero-order valence-corrected chi connectivity index (χ0v) is 20.8. The average Bonchev–Trinajstić information content (AvgIpc) is 2.80. The van der Waals surface area contributed by atoms with E-state index < -0.39 is 23.1 Å². The summed E-state index contributed by atoms with van der Waals surface area (Å²) >= 11 is 0. The number of H-pyrrole nitrogens is 1. The number of hydrogen-bond donors (Lipinski definition) is 3. The van der Waals surface area contributed by atoms with Crippen LogP contribution in [0.5, 0.6) is 0 Å². The summed E-state index contributed by atoms with van der Waals surface area (Å²) in [4.78, 5) is 45.8. The van der Waals surface area contributed by atoms with Gasteiger partial charge >= 0.3 is 6.09 Å². The van der Waals surface area contributed by atoms with E-state index in [2.05, 4.69) is 20.6 Å². The number of nitrogens with zero attached hydrogens (tertiary/aromatic N) is 3. The molecule has 0 aromatic carbocycles. The highest BCUT2D eigenvalue weighted by atomic mass is 16.5. The van der Waals surface area contributed by atoms with Crippen molar-refractivity contribution in [2.75, 3.05) is 38.3 Å². The largest absolute Gasteiger partial charge is 0.448 e. The number of alkyl carbamates (subject to hydrolysis) is 1. The van der Waals surface area contributed by atoms with Gasteiger partial charge in [0.05, 0.1) is 29.5 Å². The number of piperidine rings is 1. The minimum atomic E-state index is -0.570. The third-order valence-corrected chi connectivity index (χ3v) is 5.94. The van der Waals surface area contributed by atoms with Crippen molar-refractivity contribution >= 4 is 28.6 Å². The maximum Gasteiger partial charge on any atom is 0.407 e. The van der Waals surface area contributed by atoms with Crippen LogP contribution in [0.25, 0.3) is 10.9 Å². The molecule has 11 heteroatoms. The van der Waals surface area contributed by atoms with E-state index in [9.17, 15) is 19.6 Å². The number of aromatic amines is 1. The molecule has 1 aliphatic rings. The number of nitriles is 1. The van der Waals surface area contributed by atoms with E-state index in [1.54, 1.807) is 13.2 Å². The van der Waals surface area contributed by atoms with Crippen LogP contribution in [0, 0.1) is 11.3 Å². The van der Waals surface area contributed by atoms with Crippen molar-refractivity contribution in [2.24, 2.45) is 0 Å². The molecule has 1 fully saturated rings. The topological polar surface area (TPSA) is 149 Å². The van der Waals surface area contributed by atoms with Gasteiger partial charge in [-0.2, -0.15) is 5.26 Å². The first-order chi connectivity index (χ1) is 16.5. The number of pyridine rings is 2. The fraction of sp³-hybridized carbons (Fsp3) is 0.542. The third kappa shape index (κ3) is 6.27. The van der Waals surface area contributed by atoms with Gasteiger partial charge in [-0.1, -0.05) is 0 Å². The fourth-order valence-corrected chi connectivity index (χ4v) is 3.88. The SMILES string of the molecule is COC1(C)CCN(c2c(C#N)c(=O)[nH]c3cnc(C(=O)NCCOC(=O)NC(C)(C)C)cc23)CC1. The van der Waals surface area contributed by atoms with Crippen molar-refractivity contribution in [3.8, 4) is 6.07 Å². The molecule has 2 aromatic rings. The summed E-state index contributed by atoms with van der Waals surface area (Å²) in [5, 5.41) is 15.6. The van der Waals surface area contributed by atoms with Crippen LogP contribution in [0.1, 0.15) is 56.6 Å². The molecule has 0 saturated carbocycles. The second kappa shape index (κ2) is 10.3. The van der Waals surface area contributed by atoms with Crippen LogP contribution in [0.3, 0.4) is 0 Å². The monoisotopic (exact) mass is 484 g/mol. The van der Waals surface area contributed by atoms with Gasteiger partial charge in [-0.25, -0.2) is 9.78 Å².